The first kappa shape index (κ1) is 23.7. The maximum atomic E-state index is 12.9. The monoisotopic (exact) mass is 471 g/mol. The molecule has 6 nitrogen and oxygen atoms in total. The first-order chi connectivity index (χ1) is 16.7. The van der Waals surface area contributed by atoms with E-state index in [9.17, 15) is 4.79 Å². The van der Waals surface area contributed by atoms with Crippen LogP contribution in [0.25, 0.3) is 11.4 Å². The number of rotatable bonds is 10. The SMILES string of the molecule is CCC(CNC(=O)C(C)Sc1nnc(-c2ccncc2)n1Cc1ccccc1)c1ccccc1. The highest BCUT2D eigenvalue weighted by Crippen LogP contribution is 2.28. The van der Waals surface area contributed by atoms with Crippen molar-refractivity contribution >= 4 is 17.7 Å². The zero-order valence-corrected chi connectivity index (χ0v) is 20.3. The molecule has 2 unspecified atom stereocenters. The van der Waals surface area contributed by atoms with Gasteiger partial charge in [0.25, 0.3) is 0 Å². The summed E-state index contributed by atoms with van der Waals surface area (Å²) in [7, 11) is 0. The van der Waals surface area contributed by atoms with Crippen molar-refractivity contribution in [2.45, 2.75) is 43.1 Å². The van der Waals surface area contributed by atoms with Gasteiger partial charge in [-0.1, -0.05) is 79.3 Å². The van der Waals surface area contributed by atoms with Crippen LogP contribution in [0.5, 0.6) is 0 Å². The van der Waals surface area contributed by atoms with Gasteiger partial charge >= 0.3 is 0 Å². The van der Waals surface area contributed by atoms with E-state index in [0.717, 1.165) is 23.4 Å². The summed E-state index contributed by atoms with van der Waals surface area (Å²) >= 11 is 1.43. The molecular formula is C27H29N5OS. The number of carbonyl (C=O) groups is 1. The van der Waals surface area contributed by atoms with Crippen LogP contribution in [0.1, 0.15) is 37.3 Å². The predicted molar refractivity (Wildman–Crippen MR) is 137 cm³/mol. The lowest BCUT2D eigenvalue weighted by Crippen LogP contribution is -2.34. The summed E-state index contributed by atoms with van der Waals surface area (Å²) < 4.78 is 2.07. The van der Waals surface area contributed by atoms with Gasteiger partial charge in [-0.2, -0.15) is 0 Å². The van der Waals surface area contributed by atoms with Crippen LogP contribution in [0.4, 0.5) is 0 Å². The minimum atomic E-state index is -0.308. The van der Waals surface area contributed by atoms with Crippen LogP contribution < -0.4 is 5.32 Å². The lowest BCUT2D eigenvalue weighted by atomic mass is 9.96. The third kappa shape index (κ3) is 5.91. The van der Waals surface area contributed by atoms with E-state index in [1.165, 1.54) is 17.3 Å². The van der Waals surface area contributed by atoms with E-state index in [2.05, 4.69) is 56.3 Å². The van der Waals surface area contributed by atoms with Gasteiger partial charge in [-0.15, -0.1) is 10.2 Å². The molecule has 1 N–H and O–H groups in total. The average Bonchev–Trinajstić information content (AvgIpc) is 3.27. The topological polar surface area (TPSA) is 72.7 Å². The highest BCUT2D eigenvalue weighted by molar-refractivity contribution is 8.00. The number of hydrogen-bond acceptors (Lipinski definition) is 5. The normalized spacial score (nSPS) is 12.8. The summed E-state index contributed by atoms with van der Waals surface area (Å²) in [4.78, 5) is 17.1. The smallest absolute Gasteiger partial charge is 0.233 e. The van der Waals surface area contributed by atoms with Gasteiger partial charge in [-0.25, -0.2) is 0 Å². The number of thioether (sulfide) groups is 1. The van der Waals surface area contributed by atoms with E-state index in [-0.39, 0.29) is 11.2 Å². The molecule has 7 heteroatoms. The molecular weight excluding hydrogens is 442 g/mol. The van der Waals surface area contributed by atoms with Gasteiger partial charge in [0.1, 0.15) is 0 Å². The van der Waals surface area contributed by atoms with Gasteiger partial charge < -0.3 is 5.32 Å². The predicted octanol–water partition coefficient (Wildman–Crippen LogP) is 5.18. The van der Waals surface area contributed by atoms with Crippen molar-refractivity contribution in [3.8, 4) is 11.4 Å². The van der Waals surface area contributed by atoms with Gasteiger partial charge in [-0.3, -0.25) is 14.3 Å². The minimum absolute atomic E-state index is 0.000830. The second-order valence-electron chi connectivity index (χ2n) is 8.13. The maximum Gasteiger partial charge on any atom is 0.233 e. The van der Waals surface area contributed by atoms with Crippen molar-refractivity contribution in [2.75, 3.05) is 6.54 Å². The van der Waals surface area contributed by atoms with Crippen LogP contribution >= 0.6 is 11.8 Å². The zero-order chi connectivity index (χ0) is 23.8. The van der Waals surface area contributed by atoms with E-state index >= 15 is 0 Å². The van der Waals surface area contributed by atoms with Crippen LogP contribution in [-0.4, -0.2) is 37.5 Å². The molecule has 4 aromatic rings. The number of aromatic nitrogens is 4. The Morgan fingerprint density at radius 2 is 1.65 bits per heavy atom. The molecule has 2 aromatic carbocycles. The number of hydrogen-bond donors (Lipinski definition) is 1. The number of pyridine rings is 1. The van der Waals surface area contributed by atoms with Crippen molar-refractivity contribution in [1.82, 2.24) is 25.1 Å². The summed E-state index contributed by atoms with van der Waals surface area (Å²) in [5.41, 5.74) is 3.33. The van der Waals surface area contributed by atoms with Gasteiger partial charge in [0.2, 0.25) is 5.91 Å². The van der Waals surface area contributed by atoms with Gasteiger partial charge in [-0.05, 0) is 36.6 Å². The Morgan fingerprint density at radius 1 is 0.971 bits per heavy atom. The molecule has 0 saturated carbocycles. The lowest BCUT2D eigenvalue weighted by molar-refractivity contribution is -0.120. The summed E-state index contributed by atoms with van der Waals surface area (Å²) in [5.74, 6) is 1.05. The molecule has 0 radical (unpaired) electrons. The van der Waals surface area contributed by atoms with Crippen LogP contribution in [0.15, 0.2) is 90.3 Å². The summed E-state index contributed by atoms with van der Waals surface area (Å²) in [5, 5.41) is 12.4. The molecule has 1 amide bonds. The van der Waals surface area contributed by atoms with Crippen molar-refractivity contribution in [3.05, 3.63) is 96.3 Å². The molecule has 0 aliphatic carbocycles. The van der Waals surface area contributed by atoms with Gasteiger partial charge in [0.15, 0.2) is 11.0 Å². The molecule has 34 heavy (non-hydrogen) atoms. The molecule has 0 fully saturated rings. The average molecular weight is 472 g/mol. The van der Waals surface area contributed by atoms with Crippen LogP contribution in [0.3, 0.4) is 0 Å². The zero-order valence-electron chi connectivity index (χ0n) is 19.5. The number of nitrogens with zero attached hydrogens (tertiary/aromatic N) is 4. The van der Waals surface area contributed by atoms with E-state index in [1.807, 2.05) is 55.5 Å². The Hall–Kier alpha value is -3.45. The lowest BCUT2D eigenvalue weighted by Gasteiger charge is -2.18. The number of nitrogens with one attached hydrogen (secondary N) is 1. The first-order valence-electron chi connectivity index (χ1n) is 11.5. The van der Waals surface area contributed by atoms with Crippen molar-refractivity contribution < 1.29 is 4.79 Å². The molecule has 174 valence electrons. The highest BCUT2D eigenvalue weighted by Gasteiger charge is 2.22. The molecule has 0 bridgehead atoms. The fourth-order valence-corrected chi connectivity index (χ4v) is 4.67. The Bertz CT molecular complexity index is 1180. The third-order valence-corrected chi connectivity index (χ3v) is 6.86. The Labute approximate surface area is 204 Å². The molecule has 2 atom stereocenters. The molecule has 4 rings (SSSR count). The fraction of sp³-hybridized carbons (Fsp3) is 0.259. The van der Waals surface area contributed by atoms with Crippen LogP contribution in [0, 0.1) is 0 Å². The van der Waals surface area contributed by atoms with Crippen molar-refractivity contribution in [2.24, 2.45) is 0 Å². The van der Waals surface area contributed by atoms with E-state index in [1.54, 1.807) is 12.4 Å². The van der Waals surface area contributed by atoms with Gasteiger partial charge in [0.05, 0.1) is 11.8 Å². The molecule has 0 aliphatic heterocycles. The van der Waals surface area contributed by atoms with Crippen LogP contribution in [-0.2, 0) is 11.3 Å². The first-order valence-corrected chi connectivity index (χ1v) is 12.4. The maximum absolute atomic E-state index is 12.9. The Morgan fingerprint density at radius 3 is 2.32 bits per heavy atom. The van der Waals surface area contributed by atoms with E-state index < -0.39 is 0 Å². The molecule has 2 aromatic heterocycles. The van der Waals surface area contributed by atoms with Gasteiger partial charge in [0, 0.05) is 30.4 Å². The summed E-state index contributed by atoms with van der Waals surface area (Å²) in [6.07, 6.45) is 4.46. The quantitative estimate of drug-likeness (QED) is 0.323. The largest absolute Gasteiger partial charge is 0.355 e. The third-order valence-electron chi connectivity index (χ3n) is 5.78. The second-order valence-corrected chi connectivity index (χ2v) is 9.44. The Balaban J connectivity index is 1.49. The van der Waals surface area contributed by atoms with Crippen LogP contribution in [0.2, 0.25) is 0 Å². The number of carbonyl (C=O) groups excluding carboxylic acids is 1. The molecule has 0 spiro atoms. The number of benzene rings is 2. The second kappa shape index (κ2) is 11.6. The number of amides is 1. The minimum Gasteiger partial charge on any atom is -0.355 e. The van der Waals surface area contributed by atoms with Crippen molar-refractivity contribution in [1.29, 1.82) is 0 Å². The van der Waals surface area contributed by atoms with E-state index in [4.69, 9.17) is 0 Å². The molecule has 2 heterocycles. The van der Waals surface area contributed by atoms with Crippen molar-refractivity contribution in [3.63, 3.8) is 0 Å². The summed E-state index contributed by atoms with van der Waals surface area (Å²) in [6.45, 7) is 5.29. The summed E-state index contributed by atoms with van der Waals surface area (Å²) in [6, 6.07) is 24.4. The molecule has 0 saturated heterocycles. The molecule has 0 aliphatic rings. The van der Waals surface area contributed by atoms with E-state index in [0.29, 0.717) is 24.2 Å². The highest BCUT2D eigenvalue weighted by atomic mass is 32.2. The fourth-order valence-electron chi connectivity index (χ4n) is 3.80. The standard InChI is InChI=1S/C27H29N5OS/c1-3-22(23-12-8-5-9-13-23)18-29-26(33)20(2)34-27-31-30-25(24-14-16-28-17-15-24)32(27)19-21-10-6-4-7-11-21/h4-17,20,22H,3,18-19H2,1-2H3,(H,29,33). The Kier molecular flexibility index (Phi) is 8.09.